The lowest BCUT2D eigenvalue weighted by molar-refractivity contribution is -0.385. The molecule has 9 heteroatoms. The molecule has 1 heterocycles. The SMILES string of the molecule is Cc1ccc(C)n1-c1ccc(C(=O)N/N=C\c2cc([N+](=O)[O-])cc(Br)c2O)cc1. The average Bonchev–Trinajstić information content (AvgIpc) is 3.03. The number of halogens is 1. The van der Waals surface area contributed by atoms with Crippen molar-refractivity contribution in [3.05, 3.63) is 85.6 Å². The fraction of sp³-hybridized carbons (Fsp3) is 0.100. The molecule has 0 aliphatic carbocycles. The number of nitro groups is 1. The lowest BCUT2D eigenvalue weighted by Crippen LogP contribution is -2.17. The summed E-state index contributed by atoms with van der Waals surface area (Å²) in [5.41, 5.74) is 5.75. The zero-order chi connectivity index (χ0) is 21.1. The average molecular weight is 457 g/mol. The molecule has 0 spiro atoms. The smallest absolute Gasteiger partial charge is 0.271 e. The van der Waals surface area contributed by atoms with Crippen LogP contribution in [0.3, 0.4) is 0 Å². The standard InChI is InChI=1S/C20H17BrN4O4/c1-12-3-4-13(2)24(12)16-7-5-14(6-8-16)20(27)23-22-11-15-9-17(25(28)29)10-18(21)19(15)26/h3-11,26H,1-2H3,(H,23,27)/b22-11-. The molecular weight excluding hydrogens is 440 g/mol. The van der Waals surface area contributed by atoms with Crippen LogP contribution in [0.5, 0.6) is 5.75 Å². The normalized spacial score (nSPS) is 11.0. The number of amides is 1. The summed E-state index contributed by atoms with van der Waals surface area (Å²) in [5, 5.41) is 24.7. The van der Waals surface area contributed by atoms with Gasteiger partial charge in [0.15, 0.2) is 0 Å². The predicted octanol–water partition coefficient (Wildman–Crippen LogP) is 4.23. The van der Waals surface area contributed by atoms with E-state index in [0.717, 1.165) is 29.4 Å². The molecule has 0 aliphatic heterocycles. The van der Waals surface area contributed by atoms with Crippen LogP contribution in [0.15, 0.2) is 58.1 Å². The highest BCUT2D eigenvalue weighted by Crippen LogP contribution is 2.31. The summed E-state index contributed by atoms with van der Waals surface area (Å²) in [6.07, 6.45) is 1.14. The molecule has 1 aromatic heterocycles. The van der Waals surface area contributed by atoms with Crippen LogP contribution in [0.4, 0.5) is 5.69 Å². The number of aryl methyl sites for hydroxylation is 2. The van der Waals surface area contributed by atoms with Crippen LogP contribution in [0.25, 0.3) is 5.69 Å². The first-order valence-electron chi connectivity index (χ1n) is 8.53. The number of carbonyl (C=O) groups is 1. The van der Waals surface area contributed by atoms with Gasteiger partial charge in [-0.1, -0.05) is 0 Å². The van der Waals surface area contributed by atoms with Crippen LogP contribution in [0.1, 0.15) is 27.3 Å². The molecule has 0 radical (unpaired) electrons. The van der Waals surface area contributed by atoms with Crippen LogP contribution in [0, 0.1) is 24.0 Å². The number of nitrogens with zero attached hydrogens (tertiary/aromatic N) is 3. The molecule has 0 fully saturated rings. The van der Waals surface area contributed by atoms with Crippen LogP contribution in [-0.4, -0.2) is 26.7 Å². The molecule has 0 saturated heterocycles. The number of aromatic nitrogens is 1. The summed E-state index contributed by atoms with van der Waals surface area (Å²) in [4.78, 5) is 22.6. The third-order valence-corrected chi connectivity index (χ3v) is 4.92. The second kappa shape index (κ2) is 8.27. The van der Waals surface area contributed by atoms with E-state index in [2.05, 4.69) is 31.0 Å². The second-order valence-electron chi connectivity index (χ2n) is 6.32. The Balaban J connectivity index is 1.74. The Morgan fingerprint density at radius 2 is 1.79 bits per heavy atom. The number of benzene rings is 2. The Hall–Kier alpha value is -3.46. The summed E-state index contributed by atoms with van der Waals surface area (Å²) in [6.45, 7) is 4.01. The van der Waals surface area contributed by atoms with E-state index >= 15 is 0 Å². The Morgan fingerprint density at radius 1 is 1.17 bits per heavy atom. The Bertz CT molecular complexity index is 1100. The fourth-order valence-electron chi connectivity index (χ4n) is 2.87. The van der Waals surface area contributed by atoms with E-state index in [1.807, 2.05) is 38.1 Å². The summed E-state index contributed by atoms with van der Waals surface area (Å²) >= 11 is 3.05. The molecule has 0 unspecified atom stereocenters. The lowest BCUT2D eigenvalue weighted by atomic mass is 10.2. The Labute approximate surface area is 174 Å². The molecule has 3 aromatic rings. The van der Waals surface area contributed by atoms with Crippen molar-refractivity contribution in [3.8, 4) is 11.4 Å². The van der Waals surface area contributed by atoms with E-state index in [4.69, 9.17) is 0 Å². The topological polar surface area (TPSA) is 110 Å². The van der Waals surface area contributed by atoms with E-state index < -0.39 is 10.8 Å². The maximum atomic E-state index is 12.3. The monoisotopic (exact) mass is 456 g/mol. The molecule has 0 aliphatic rings. The van der Waals surface area contributed by atoms with Crippen LogP contribution in [0.2, 0.25) is 0 Å². The highest BCUT2D eigenvalue weighted by atomic mass is 79.9. The van der Waals surface area contributed by atoms with Gasteiger partial charge >= 0.3 is 0 Å². The van der Waals surface area contributed by atoms with E-state index in [1.54, 1.807) is 12.1 Å². The molecule has 2 N–H and O–H groups in total. The number of nitro benzene ring substituents is 1. The Morgan fingerprint density at radius 3 is 2.38 bits per heavy atom. The number of nitrogens with one attached hydrogen (secondary N) is 1. The molecule has 2 aromatic carbocycles. The van der Waals surface area contributed by atoms with Crippen LogP contribution >= 0.6 is 15.9 Å². The van der Waals surface area contributed by atoms with Gasteiger partial charge in [-0.2, -0.15) is 5.10 Å². The van der Waals surface area contributed by atoms with Crippen molar-refractivity contribution in [3.63, 3.8) is 0 Å². The molecule has 148 valence electrons. The Kier molecular flexibility index (Phi) is 5.79. The lowest BCUT2D eigenvalue weighted by Gasteiger charge is -2.10. The molecule has 0 bridgehead atoms. The number of carbonyl (C=O) groups excluding carboxylic acids is 1. The first-order chi connectivity index (χ1) is 13.8. The van der Waals surface area contributed by atoms with Crippen LogP contribution in [-0.2, 0) is 0 Å². The van der Waals surface area contributed by atoms with Gasteiger partial charge in [0.05, 0.1) is 15.6 Å². The zero-order valence-corrected chi connectivity index (χ0v) is 17.2. The van der Waals surface area contributed by atoms with E-state index in [0.29, 0.717) is 5.56 Å². The quantitative estimate of drug-likeness (QED) is 0.339. The molecule has 0 saturated carbocycles. The van der Waals surface area contributed by atoms with Gasteiger partial charge < -0.3 is 9.67 Å². The number of hydrazone groups is 1. The fourth-order valence-corrected chi connectivity index (χ4v) is 3.34. The molecule has 1 amide bonds. The minimum atomic E-state index is -0.587. The number of phenols is 1. The van der Waals surface area contributed by atoms with Crippen molar-refractivity contribution in [2.24, 2.45) is 5.10 Å². The molecule has 3 rings (SSSR count). The molecular formula is C20H17BrN4O4. The van der Waals surface area contributed by atoms with Crippen LogP contribution < -0.4 is 5.43 Å². The number of hydrogen-bond acceptors (Lipinski definition) is 5. The van der Waals surface area contributed by atoms with Crippen molar-refractivity contribution >= 4 is 33.7 Å². The van der Waals surface area contributed by atoms with Gasteiger partial charge in [0, 0.05) is 40.3 Å². The summed E-state index contributed by atoms with van der Waals surface area (Å²) < 4.78 is 2.23. The minimum absolute atomic E-state index is 0.0975. The van der Waals surface area contributed by atoms with Gasteiger partial charge in [0.2, 0.25) is 0 Å². The van der Waals surface area contributed by atoms with Crippen molar-refractivity contribution in [2.45, 2.75) is 13.8 Å². The number of phenolic OH excluding ortho intramolecular Hbond substituents is 1. The molecule has 0 atom stereocenters. The first kappa shape index (κ1) is 20.3. The van der Waals surface area contributed by atoms with Gasteiger partial charge in [-0.25, -0.2) is 5.43 Å². The second-order valence-corrected chi connectivity index (χ2v) is 7.17. The van der Waals surface area contributed by atoms with Crippen molar-refractivity contribution < 1.29 is 14.8 Å². The van der Waals surface area contributed by atoms with E-state index in [9.17, 15) is 20.0 Å². The maximum Gasteiger partial charge on any atom is 0.271 e. The third-order valence-electron chi connectivity index (χ3n) is 4.32. The van der Waals surface area contributed by atoms with Gasteiger partial charge in [-0.3, -0.25) is 14.9 Å². The summed E-state index contributed by atoms with van der Waals surface area (Å²) in [5.74, 6) is -0.659. The third kappa shape index (κ3) is 4.35. The van der Waals surface area contributed by atoms with Gasteiger partial charge in [0.25, 0.3) is 11.6 Å². The van der Waals surface area contributed by atoms with E-state index in [-0.39, 0.29) is 21.5 Å². The minimum Gasteiger partial charge on any atom is -0.506 e. The van der Waals surface area contributed by atoms with E-state index in [1.165, 1.54) is 6.07 Å². The van der Waals surface area contributed by atoms with Gasteiger partial charge in [-0.05, 0) is 66.2 Å². The van der Waals surface area contributed by atoms with Crippen molar-refractivity contribution in [1.82, 2.24) is 9.99 Å². The van der Waals surface area contributed by atoms with Gasteiger partial charge in [0.1, 0.15) is 5.75 Å². The number of hydrogen-bond donors (Lipinski definition) is 2. The molecule has 8 nitrogen and oxygen atoms in total. The zero-order valence-electron chi connectivity index (χ0n) is 15.6. The number of aromatic hydroxyl groups is 1. The maximum absolute atomic E-state index is 12.3. The number of rotatable bonds is 5. The predicted molar refractivity (Wildman–Crippen MR) is 113 cm³/mol. The largest absolute Gasteiger partial charge is 0.506 e. The highest BCUT2D eigenvalue weighted by Gasteiger charge is 2.14. The molecule has 29 heavy (non-hydrogen) atoms. The first-order valence-corrected chi connectivity index (χ1v) is 9.33. The highest BCUT2D eigenvalue weighted by molar-refractivity contribution is 9.10. The summed E-state index contributed by atoms with van der Waals surface area (Å²) in [6, 6.07) is 13.4. The van der Waals surface area contributed by atoms with Crippen molar-refractivity contribution in [2.75, 3.05) is 0 Å². The van der Waals surface area contributed by atoms with Crippen molar-refractivity contribution in [1.29, 1.82) is 0 Å². The summed E-state index contributed by atoms with van der Waals surface area (Å²) in [7, 11) is 0. The number of non-ortho nitro benzene ring substituents is 1. The van der Waals surface area contributed by atoms with Gasteiger partial charge in [-0.15, -0.1) is 0 Å².